The van der Waals surface area contributed by atoms with Crippen LogP contribution >= 0.6 is 0 Å². The summed E-state index contributed by atoms with van der Waals surface area (Å²) in [5.41, 5.74) is 3.07. The predicted molar refractivity (Wildman–Crippen MR) is 103 cm³/mol. The summed E-state index contributed by atoms with van der Waals surface area (Å²) in [6.45, 7) is 3.39. The zero-order chi connectivity index (χ0) is 19.4. The van der Waals surface area contributed by atoms with Gasteiger partial charge in [0.15, 0.2) is 0 Å². The van der Waals surface area contributed by atoms with Crippen LogP contribution in [0.15, 0.2) is 48.5 Å². The molecular formula is C23H25F3N2. The maximum Gasteiger partial charge on any atom is 0.416 e. The number of alkyl halides is 3. The van der Waals surface area contributed by atoms with Gasteiger partial charge in [-0.25, -0.2) is 0 Å². The Balaban J connectivity index is 1.15. The number of benzene rings is 2. The van der Waals surface area contributed by atoms with Gasteiger partial charge in [0.25, 0.3) is 0 Å². The van der Waals surface area contributed by atoms with Gasteiger partial charge >= 0.3 is 6.18 Å². The lowest BCUT2D eigenvalue weighted by Gasteiger charge is -2.23. The molecular weight excluding hydrogens is 361 g/mol. The third-order valence-electron chi connectivity index (χ3n) is 6.60. The van der Waals surface area contributed by atoms with Crippen molar-refractivity contribution in [3.05, 3.63) is 70.8 Å². The molecule has 1 unspecified atom stereocenters. The van der Waals surface area contributed by atoms with Gasteiger partial charge in [-0.05, 0) is 53.5 Å². The number of halogens is 3. The minimum Gasteiger partial charge on any atom is -0.313 e. The number of nitrogens with one attached hydrogen (secondary N) is 1. The quantitative estimate of drug-likeness (QED) is 0.756. The number of hydrogen-bond donors (Lipinski definition) is 1. The van der Waals surface area contributed by atoms with Gasteiger partial charge in [0.05, 0.1) is 5.56 Å². The molecule has 2 aliphatic carbocycles. The van der Waals surface area contributed by atoms with E-state index in [0.29, 0.717) is 23.9 Å². The van der Waals surface area contributed by atoms with Crippen LogP contribution in [0, 0.1) is 5.41 Å². The summed E-state index contributed by atoms with van der Waals surface area (Å²) >= 11 is 0. The van der Waals surface area contributed by atoms with Crippen molar-refractivity contribution in [1.82, 2.24) is 10.2 Å². The molecule has 0 saturated heterocycles. The SMILES string of the molecule is FC(F)(F)c1ccc2c(c1)CN(CC1(CNC3C[C@@H]3c3ccccc3)CC1)C2. The molecule has 0 spiro atoms. The summed E-state index contributed by atoms with van der Waals surface area (Å²) in [6.07, 6.45) is -0.633. The molecule has 1 N–H and O–H groups in total. The highest BCUT2D eigenvalue weighted by atomic mass is 19.4. The van der Waals surface area contributed by atoms with Crippen molar-refractivity contribution in [3.8, 4) is 0 Å². The predicted octanol–water partition coefficient (Wildman–Crippen LogP) is 4.95. The Hall–Kier alpha value is -1.85. The van der Waals surface area contributed by atoms with Crippen molar-refractivity contribution in [2.45, 2.75) is 50.5 Å². The second kappa shape index (κ2) is 6.60. The smallest absolute Gasteiger partial charge is 0.313 e. The fourth-order valence-corrected chi connectivity index (χ4v) is 4.63. The zero-order valence-corrected chi connectivity index (χ0v) is 15.8. The van der Waals surface area contributed by atoms with Gasteiger partial charge in [-0.1, -0.05) is 36.4 Å². The van der Waals surface area contributed by atoms with E-state index in [-0.39, 0.29) is 0 Å². The Morgan fingerprint density at radius 3 is 2.46 bits per heavy atom. The van der Waals surface area contributed by atoms with Crippen molar-refractivity contribution in [3.63, 3.8) is 0 Å². The normalized spacial score (nSPS) is 25.5. The third kappa shape index (κ3) is 3.70. The highest BCUT2D eigenvalue weighted by molar-refractivity contribution is 5.36. The Kier molecular flexibility index (Phi) is 4.29. The van der Waals surface area contributed by atoms with Crippen LogP contribution in [0.2, 0.25) is 0 Å². The Bertz CT molecular complexity index is 858. The molecule has 2 atom stereocenters. The van der Waals surface area contributed by atoms with Crippen molar-refractivity contribution in [1.29, 1.82) is 0 Å². The van der Waals surface area contributed by atoms with Crippen LogP contribution in [0.3, 0.4) is 0 Å². The molecule has 3 aliphatic rings. The maximum atomic E-state index is 12.9. The molecule has 5 rings (SSSR count). The molecule has 0 aromatic heterocycles. The lowest BCUT2D eigenvalue weighted by Crippen LogP contribution is -2.34. The van der Waals surface area contributed by atoms with Crippen LogP contribution in [0.5, 0.6) is 0 Å². The summed E-state index contributed by atoms with van der Waals surface area (Å²) in [5, 5.41) is 3.76. The van der Waals surface area contributed by atoms with Crippen LogP contribution in [0.1, 0.15) is 47.4 Å². The first-order chi connectivity index (χ1) is 13.4. The lowest BCUT2D eigenvalue weighted by molar-refractivity contribution is -0.137. The van der Waals surface area contributed by atoms with Gasteiger partial charge < -0.3 is 5.32 Å². The summed E-state index contributed by atoms with van der Waals surface area (Å²) in [5.74, 6) is 0.633. The first kappa shape index (κ1) is 18.2. The van der Waals surface area contributed by atoms with Crippen molar-refractivity contribution < 1.29 is 13.2 Å². The van der Waals surface area contributed by atoms with E-state index in [1.54, 1.807) is 6.07 Å². The van der Waals surface area contributed by atoms with E-state index in [9.17, 15) is 13.2 Å². The monoisotopic (exact) mass is 386 g/mol. The average molecular weight is 386 g/mol. The van der Waals surface area contributed by atoms with Crippen molar-refractivity contribution in [2.24, 2.45) is 5.41 Å². The van der Waals surface area contributed by atoms with Gasteiger partial charge in [-0.15, -0.1) is 0 Å². The van der Waals surface area contributed by atoms with E-state index in [4.69, 9.17) is 0 Å². The minimum absolute atomic E-state index is 0.304. The second-order valence-electron chi connectivity index (χ2n) is 8.87. The molecule has 5 heteroatoms. The largest absolute Gasteiger partial charge is 0.416 e. The number of fused-ring (bicyclic) bond motifs is 1. The first-order valence-corrected chi connectivity index (χ1v) is 10.1. The molecule has 0 bridgehead atoms. The van der Waals surface area contributed by atoms with Crippen LogP contribution in [0.25, 0.3) is 0 Å². The Morgan fingerprint density at radius 1 is 1.00 bits per heavy atom. The molecule has 148 valence electrons. The molecule has 2 saturated carbocycles. The van der Waals surface area contributed by atoms with Crippen LogP contribution in [-0.4, -0.2) is 24.0 Å². The molecule has 1 heterocycles. The highest BCUT2D eigenvalue weighted by Gasteiger charge is 2.47. The van der Waals surface area contributed by atoms with Gasteiger partial charge in [-0.3, -0.25) is 4.90 Å². The van der Waals surface area contributed by atoms with Crippen LogP contribution in [0.4, 0.5) is 13.2 Å². The number of rotatable bonds is 6. The highest BCUT2D eigenvalue weighted by Crippen LogP contribution is 2.48. The van der Waals surface area contributed by atoms with Crippen LogP contribution in [-0.2, 0) is 19.3 Å². The third-order valence-corrected chi connectivity index (χ3v) is 6.60. The average Bonchev–Trinajstić information content (AvgIpc) is 3.56. The summed E-state index contributed by atoms with van der Waals surface area (Å²) in [4.78, 5) is 2.32. The standard InChI is InChI=1S/C23H25F3N2/c24-23(25,26)19-7-6-17-12-28(13-18(17)10-19)15-22(8-9-22)14-27-21-11-20(21)16-4-2-1-3-5-16/h1-7,10,20-21,27H,8-9,11-15H2/t20-,21?/m1/s1. The fraction of sp³-hybridized carbons (Fsp3) is 0.478. The van der Waals surface area contributed by atoms with Crippen molar-refractivity contribution >= 4 is 0 Å². The van der Waals surface area contributed by atoms with E-state index in [1.165, 1.54) is 37.0 Å². The number of hydrogen-bond acceptors (Lipinski definition) is 2. The molecule has 2 aromatic carbocycles. The molecule has 2 nitrogen and oxygen atoms in total. The maximum absolute atomic E-state index is 12.9. The Labute approximate surface area is 163 Å². The van der Waals surface area contributed by atoms with Gasteiger partial charge in [-0.2, -0.15) is 13.2 Å². The van der Waals surface area contributed by atoms with Crippen molar-refractivity contribution in [2.75, 3.05) is 13.1 Å². The van der Waals surface area contributed by atoms with E-state index in [1.807, 2.05) is 0 Å². The molecule has 28 heavy (non-hydrogen) atoms. The molecule has 2 aromatic rings. The molecule has 2 fully saturated rings. The Morgan fingerprint density at radius 2 is 1.75 bits per heavy atom. The minimum atomic E-state index is -4.26. The van der Waals surface area contributed by atoms with E-state index in [0.717, 1.165) is 30.8 Å². The first-order valence-electron chi connectivity index (χ1n) is 10.1. The van der Waals surface area contributed by atoms with Gasteiger partial charge in [0, 0.05) is 38.1 Å². The molecule has 0 radical (unpaired) electrons. The van der Waals surface area contributed by atoms with E-state index >= 15 is 0 Å². The fourth-order valence-electron chi connectivity index (χ4n) is 4.63. The second-order valence-corrected chi connectivity index (χ2v) is 8.87. The van der Waals surface area contributed by atoms with E-state index < -0.39 is 11.7 Å². The van der Waals surface area contributed by atoms with Gasteiger partial charge in [0.2, 0.25) is 0 Å². The van der Waals surface area contributed by atoms with E-state index in [2.05, 4.69) is 40.5 Å². The summed E-state index contributed by atoms with van der Waals surface area (Å²) < 4.78 is 38.8. The zero-order valence-electron chi connectivity index (χ0n) is 15.8. The number of nitrogens with zero attached hydrogens (tertiary/aromatic N) is 1. The lowest BCUT2D eigenvalue weighted by atomic mass is 10.1. The summed E-state index contributed by atoms with van der Waals surface area (Å²) in [6, 6.07) is 15.4. The van der Waals surface area contributed by atoms with Crippen LogP contribution < -0.4 is 5.32 Å². The van der Waals surface area contributed by atoms with Gasteiger partial charge in [0.1, 0.15) is 0 Å². The molecule has 0 amide bonds. The molecule has 1 aliphatic heterocycles. The topological polar surface area (TPSA) is 15.3 Å². The summed E-state index contributed by atoms with van der Waals surface area (Å²) in [7, 11) is 0.